The third-order valence-corrected chi connectivity index (χ3v) is 16.7. The van der Waals surface area contributed by atoms with Gasteiger partial charge in [-0.25, -0.2) is 14.4 Å². The number of esters is 5. The second-order valence-corrected chi connectivity index (χ2v) is 24.9. The van der Waals surface area contributed by atoms with Crippen LogP contribution in [0.3, 0.4) is 0 Å². The Kier molecular flexibility index (Phi) is 23.5. The minimum atomic E-state index is -2.50. The molecule has 1 aromatic rings. The van der Waals surface area contributed by atoms with E-state index in [0.717, 1.165) is 39.0 Å². The Morgan fingerprint density at radius 3 is 1.93 bits per heavy atom. The van der Waals surface area contributed by atoms with Crippen LogP contribution in [0.2, 0.25) is 0 Å². The summed E-state index contributed by atoms with van der Waals surface area (Å²) in [5.41, 5.74) is -8.54. The molecule has 18 nitrogen and oxygen atoms in total. The van der Waals surface area contributed by atoms with Crippen molar-refractivity contribution < 1.29 is 81.7 Å². The van der Waals surface area contributed by atoms with E-state index >= 15 is 9.59 Å². The number of ketones is 1. The number of carbonyl (C=O) groups excluding carboxylic acids is 7. The van der Waals surface area contributed by atoms with Crippen molar-refractivity contribution in [3.63, 3.8) is 0 Å². The van der Waals surface area contributed by atoms with Crippen molar-refractivity contribution in [2.75, 3.05) is 13.7 Å². The maximum Gasteiger partial charge on any atom is 0.408 e. The second-order valence-electron chi connectivity index (χ2n) is 24.9. The third-order valence-electron chi connectivity index (χ3n) is 16.7. The zero-order chi connectivity index (χ0) is 63.2. The molecule has 2 bridgehead atoms. The molecule has 86 heavy (non-hydrogen) atoms. The molecule has 1 aliphatic heterocycles. The van der Waals surface area contributed by atoms with Crippen molar-refractivity contribution in [3.05, 3.63) is 126 Å². The first-order valence-corrected chi connectivity index (χ1v) is 30.1. The average molecular weight is 1190 g/mol. The Labute approximate surface area is 507 Å². The number of hydrogen-bond acceptors (Lipinski definition) is 17. The molecule has 1 aromatic carbocycles. The van der Waals surface area contributed by atoms with Crippen LogP contribution in [-0.2, 0) is 57.1 Å². The summed E-state index contributed by atoms with van der Waals surface area (Å²) in [5.74, 6) is -7.54. The number of para-hydroxylation sites is 1. The number of fused-ring (bicyclic) bond motifs is 5. The van der Waals surface area contributed by atoms with Gasteiger partial charge in [0.2, 0.25) is 6.10 Å². The Morgan fingerprint density at radius 2 is 1.41 bits per heavy atom. The van der Waals surface area contributed by atoms with Crippen molar-refractivity contribution >= 4 is 41.7 Å². The molecule has 6 rings (SSSR count). The molecular weight excluding hydrogens is 1100 g/mol. The number of carbonyl (C=O) groups is 7. The molecule has 0 radical (unpaired) electrons. The summed E-state index contributed by atoms with van der Waals surface area (Å²) in [5, 5.41) is 29.3. The van der Waals surface area contributed by atoms with Gasteiger partial charge in [0, 0.05) is 31.6 Å². The predicted molar refractivity (Wildman–Crippen MR) is 322 cm³/mol. The smallest absolute Gasteiger partial charge is 0.408 e. The lowest BCUT2D eigenvalue weighted by atomic mass is 9.44. The molecule has 470 valence electrons. The van der Waals surface area contributed by atoms with Crippen molar-refractivity contribution in [2.45, 2.75) is 213 Å². The van der Waals surface area contributed by atoms with E-state index in [1.165, 1.54) is 32.2 Å². The Bertz CT molecular complexity index is 2870. The summed E-state index contributed by atoms with van der Waals surface area (Å²) in [6.45, 7) is 17.4. The zero-order valence-electron chi connectivity index (χ0n) is 52.2. The number of rotatable bonds is 26. The van der Waals surface area contributed by atoms with Crippen LogP contribution >= 0.6 is 0 Å². The number of aliphatic hydroxyl groups is 2. The molecule has 1 unspecified atom stereocenters. The number of nitrogens with one attached hydrogen (secondary N) is 1. The van der Waals surface area contributed by atoms with Gasteiger partial charge in [0.1, 0.15) is 40.8 Å². The number of benzene rings is 1. The number of methoxy groups -OCH3 is 1. The monoisotopic (exact) mass is 1190 g/mol. The van der Waals surface area contributed by atoms with Crippen molar-refractivity contribution in [1.29, 1.82) is 0 Å². The highest BCUT2D eigenvalue weighted by atomic mass is 16.6. The summed E-state index contributed by atoms with van der Waals surface area (Å²) >= 11 is 0. The van der Waals surface area contributed by atoms with E-state index in [-0.39, 0.29) is 48.3 Å². The highest BCUT2D eigenvalue weighted by molar-refractivity contribution is 5.96. The van der Waals surface area contributed by atoms with E-state index < -0.39 is 130 Å². The van der Waals surface area contributed by atoms with Crippen LogP contribution < -0.4 is 10.1 Å². The summed E-state index contributed by atoms with van der Waals surface area (Å²) < 4.78 is 48.7. The van der Waals surface area contributed by atoms with Gasteiger partial charge >= 0.3 is 35.9 Å². The van der Waals surface area contributed by atoms with E-state index in [4.69, 9.17) is 37.9 Å². The van der Waals surface area contributed by atoms with Gasteiger partial charge in [-0.2, -0.15) is 0 Å². The van der Waals surface area contributed by atoms with E-state index in [1.54, 1.807) is 67.5 Å². The van der Waals surface area contributed by atoms with Crippen LogP contribution in [0.4, 0.5) is 4.79 Å². The minimum absolute atomic E-state index is 0.0144. The summed E-state index contributed by atoms with van der Waals surface area (Å²) in [7, 11) is 1.35. The normalized spacial score (nSPS) is 27.8. The van der Waals surface area contributed by atoms with E-state index in [0.29, 0.717) is 24.8 Å². The predicted octanol–water partition coefficient (Wildman–Crippen LogP) is 10.9. The highest BCUT2D eigenvalue weighted by Gasteiger charge is 2.78. The van der Waals surface area contributed by atoms with Gasteiger partial charge in [-0.05, 0) is 130 Å². The first kappa shape index (κ1) is 68.2. The molecule has 1 heterocycles. The SMILES string of the molecule is CC/C=C\C/C=C\C/C=C\C/C=C\C/C=C\C/C=C\CCC(=O)O[C@@H](C(=O)O[C@H]1C[C@@]2(O)[C@@H](OC(=O)c3ccccc3OC)C3[C@](C)(C(=O)[C@H](OC(=O)C4CC4)C(=C1C)C2(C)C)[C@@H](O)C[C@H]1OC[C@@]31OC(C)=O)[C@H](C=C(C)C)NC(=O)OC(C)(C)C. The van der Waals surface area contributed by atoms with E-state index in [2.05, 4.69) is 60.8 Å². The van der Waals surface area contributed by atoms with Crippen LogP contribution in [0.25, 0.3) is 0 Å². The summed E-state index contributed by atoms with van der Waals surface area (Å²) in [6, 6.07) is 4.76. The van der Waals surface area contributed by atoms with Gasteiger partial charge in [0.05, 0.1) is 43.1 Å². The molecule has 11 atom stereocenters. The quantitative estimate of drug-likeness (QED) is 0.0443. The lowest BCUT2D eigenvalue weighted by Crippen LogP contribution is -2.82. The second kappa shape index (κ2) is 29.7. The van der Waals surface area contributed by atoms with Crippen LogP contribution in [0, 0.1) is 22.7 Å². The molecule has 0 aromatic heterocycles. The number of amides is 1. The number of ether oxygens (including phenoxy) is 8. The average Bonchev–Trinajstić information content (AvgIpc) is 0.782. The van der Waals surface area contributed by atoms with Crippen LogP contribution in [0.1, 0.15) is 164 Å². The van der Waals surface area contributed by atoms with Crippen LogP contribution in [0.15, 0.2) is 120 Å². The summed E-state index contributed by atoms with van der Waals surface area (Å²) in [4.78, 5) is 101. The molecule has 1 saturated heterocycles. The lowest BCUT2D eigenvalue weighted by Gasteiger charge is -2.67. The molecule has 4 aliphatic carbocycles. The number of allylic oxidation sites excluding steroid dienone is 13. The lowest BCUT2D eigenvalue weighted by molar-refractivity contribution is -0.346. The van der Waals surface area contributed by atoms with E-state index in [1.807, 2.05) is 24.3 Å². The molecule has 4 fully saturated rings. The largest absolute Gasteiger partial charge is 0.496 e. The molecule has 0 spiro atoms. The molecule has 5 aliphatic rings. The highest BCUT2D eigenvalue weighted by Crippen LogP contribution is 2.64. The van der Waals surface area contributed by atoms with Crippen molar-refractivity contribution in [2.24, 2.45) is 22.7 Å². The number of alkyl carbamates (subject to hydrolysis) is 1. The zero-order valence-corrected chi connectivity index (χ0v) is 52.2. The number of Topliss-reactive ketones (excluding diaryl/α,β-unsaturated/α-hetero) is 1. The Balaban J connectivity index is 1.35. The molecule has 18 heteroatoms. The van der Waals surface area contributed by atoms with Crippen molar-refractivity contribution in [3.8, 4) is 5.75 Å². The maximum absolute atomic E-state index is 16.1. The fraction of sp³-hybridized carbons (Fsp3) is 0.574. The number of aliphatic hydroxyl groups excluding tert-OH is 1. The van der Waals surface area contributed by atoms with Gasteiger partial charge < -0.3 is 53.4 Å². The Hall–Kier alpha value is -6.89. The van der Waals surface area contributed by atoms with Crippen LogP contribution in [0.5, 0.6) is 5.75 Å². The Morgan fingerprint density at radius 1 is 0.826 bits per heavy atom. The molecule has 3 saturated carbocycles. The standard InChI is InChI=1S/C68H91NO17/c1-13-14-15-16-17-18-19-20-21-22-23-24-25-26-27-28-29-30-31-36-53(72)82-55(48(39-43(2)3)69-63(77)86-64(6,7)8)62(76)81-50-41-68(78)59(84-61(75)47-34-32-33-35-49(47)79-12)57-66(11,51(71)40-52-67(57,42-80-52)85-45(5)70)58(73)56(83-60(74)46-37-38-46)54(44(50)4)65(68,9)10/h14-15,17-18,20-21,23-24,26-27,29-30,32-35,39,46,48,50-52,55-57,59,71,78H,13,16,19,22,25,28,31,36-38,40-42H2,1-12H3,(H,69,77)/b15-14-,18-17-,21-20-,24-23-,27-26-,30-29-/t48-,50-,51-,52+,55+,56+,57?,59-,66+,67-,68+/m0/s1. The van der Waals surface area contributed by atoms with Crippen LogP contribution in [-0.4, -0.2) is 125 Å². The first-order valence-electron chi connectivity index (χ1n) is 30.1. The van der Waals surface area contributed by atoms with Crippen molar-refractivity contribution in [1.82, 2.24) is 5.32 Å². The van der Waals surface area contributed by atoms with E-state index in [9.17, 15) is 34.2 Å². The first-order chi connectivity index (χ1) is 40.7. The van der Waals surface area contributed by atoms with Gasteiger partial charge in [0.15, 0.2) is 17.5 Å². The van der Waals surface area contributed by atoms with Gasteiger partial charge in [-0.1, -0.05) is 117 Å². The number of hydrogen-bond donors (Lipinski definition) is 3. The molecular formula is C68H91NO17. The maximum atomic E-state index is 16.1. The van der Waals surface area contributed by atoms with Gasteiger partial charge in [0.25, 0.3) is 0 Å². The third kappa shape index (κ3) is 16.2. The topological polar surface area (TPSA) is 246 Å². The fourth-order valence-electron chi connectivity index (χ4n) is 12.1. The van der Waals surface area contributed by atoms with Gasteiger partial charge in [-0.15, -0.1) is 0 Å². The molecule has 3 N–H and O–H groups in total. The minimum Gasteiger partial charge on any atom is -0.496 e. The summed E-state index contributed by atoms with van der Waals surface area (Å²) in [6.07, 6.45) is 20.7. The van der Waals surface area contributed by atoms with Gasteiger partial charge in [-0.3, -0.25) is 19.2 Å². The fourth-order valence-corrected chi connectivity index (χ4v) is 12.1. The molecule has 1 amide bonds.